The van der Waals surface area contributed by atoms with E-state index in [-0.39, 0.29) is 0 Å². The van der Waals surface area contributed by atoms with E-state index in [0.29, 0.717) is 11.4 Å². The van der Waals surface area contributed by atoms with E-state index >= 15 is 0 Å². The van der Waals surface area contributed by atoms with Crippen molar-refractivity contribution >= 4 is 10.0 Å². The van der Waals surface area contributed by atoms with Crippen molar-refractivity contribution in [3.8, 4) is 56.0 Å². The Bertz CT molecular complexity index is 3020. The van der Waals surface area contributed by atoms with Gasteiger partial charge in [-0.1, -0.05) is 157 Å². The summed E-state index contributed by atoms with van der Waals surface area (Å²) in [6.07, 6.45) is 23.7. The van der Waals surface area contributed by atoms with Crippen LogP contribution in [0, 0.1) is 0 Å². The van der Waals surface area contributed by atoms with Crippen molar-refractivity contribution in [3.63, 3.8) is 0 Å². The third-order valence-corrected chi connectivity index (χ3v) is 13.2. The summed E-state index contributed by atoms with van der Waals surface area (Å²) in [5.41, 5.74) is 9.67. The van der Waals surface area contributed by atoms with Crippen LogP contribution in [0.15, 0.2) is 182 Å². The predicted octanol–water partition coefficient (Wildman–Crippen LogP) is 10.9. The van der Waals surface area contributed by atoms with Gasteiger partial charge in [0, 0.05) is 73.2 Å². The lowest BCUT2D eigenvalue weighted by atomic mass is 9.98. The number of aromatic nitrogens is 11. The molecule has 5 heterocycles. The summed E-state index contributed by atoms with van der Waals surface area (Å²) in [7, 11) is -3.56. The van der Waals surface area contributed by atoms with Crippen LogP contribution in [0.2, 0.25) is 0 Å². The highest BCUT2D eigenvalue weighted by Gasteiger charge is 2.18. The van der Waals surface area contributed by atoms with Gasteiger partial charge in [-0.25, -0.2) is 13.1 Å². The van der Waals surface area contributed by atoms with Crippen LogP contribution < -0.4 is 4.72 Å². The topological polar surface area (TPSA) is 164 Å². The number of hydrogen-bond donors (Lipinski definition) is 1. The molecule has 0 aliphatic rings. The molecule has 0 aliphatic carbocycles. The van der Waals surface area contributed by atoms with Crippen LogP contribution in [-0.4, -0.2) is 69.9 Å². The monoisotopic (exact) mass is 938 g/mol. The zero-order valence-corrected chi connectivity index (χ0v) is 39.6. The summed E-state index contributed by atoms with van der Waals surface area (Å²) in [5.74, 6) is 0. The Morgan fingerprint density at radius 3 is 1.32 bits per heavy atom. The van der Waals surface area contributed by atoms with Gasteiger partial charge in [0.2, 0.25) is 10.0 Å². The van der Waals surface area contributed by atoms with Gasteiger partial charge in [-0.15, -0.1) is 15.3 Å². The first-order valence-corrected chi connectivity index (χ1v) is 25.3. The maximum atomic E-state index is 12.9. The van der Waals surface area contributed by atoms with E-state index in [2.05, 4.69) is 100 Å². The second kappa shape index (κ2) is 25.0. The van der Waals surface area contributed by atoms with Gasteiger partial charge in [0.25, 0.3) is 0 Å². The molecular weight excluding hydrogens is 881 g/mol. The minimum Gasteiger partial charge on any atom is -0.264 e. The van der Waals surface area contributed by atoms with Crippen molar-refractivity contribution in [2.75, 3.05) is 6.54 Å². The number of sulfonamides is 1. The maximum Gasteiger partial charge on any atom is 0.241 e. The van der Waals surface area contributed by atoms with Crippen LogP contribution in [0.5, 0.6) is 0 Å². The molecule has 9 aromatic rings. The molecule has 0 bridgehead atoms. The number of aryl methyl sites for hydroxylation is 3. The lowest BCUT2D eigenvalue weighted by Crippen LogP contribution is -2.25. The molecule has 14 nitrogen and oxygen atoms in total. The van der Waals surface area contributed by atoms with E-state index < -0.39 is 10.0 Å². The largest absolute Gasteiger partial charge is 0.264 e. The molecule has 352 valence electrons. The van der Waals surface area contributed by atoms with E-state index in [1.54, 1.807) is 30.7 Å². The molecule has 0 radical (unpaired) electrons. The van der Waals surface area contributed by atoms with E-state index in [4.69, 9.17) is 0 Å². The highest BCUT2D eigenvalue weighted by atomic mass is 32.2. The maximum absolute atomic E-state index is 12.9. The van der Waals surface area contributed by atoms with Gasteiger partial charge in [0.1, 0.15) is 17.1 Å². The van der Waals surface area contributed by atoms with Crippen molar-refractivity contribution in [2.45, 2.75) is 88.7 Å². The summed E-state index contributed by atoms with van der Waals surface area (Å²) in [4.78, 5) is 8.58. The van der Waals surface area contributed by atoms with Gasteiger partial charge < -0.3 is 0 Å². The Morgan fingerprint density at radius 1 is 0.391 bits per heavy atom. The minimum absolute atomic E-state index is 0.325. The molecule has 0 fully saturated rings. The van der Waals surface area contributed by atoms with Crippen LogP contribution in [0.4, 0.5) is 0 Å². The smallest absolute Gasteiger partial charge is 0.241 e. The molecule has 69 heavy (non-hydrogen) atoms. The molecule has 0 aliphatic heterocycles. The first kappa shape index (κ1) is 48.0. The molecule has 4 aromatic carbocycles. The minimum atomic E-state index is -3.56. The number of nitrogens with zero attached hydrogens (tertiary/aromatic N) is 11. The molecular formula is C54H58N12O2S. The fraction of sp³-hybridized carbons (Fsp3) is 0.259. The normalized spacial score (nSPS) is 11.3. The van der Waals surface area contributed by atoms with Gasteiger partial charge in [0.15, 0.2) is 0 Å². The Balaban J connectivity index is 0.000000186. The van der Waals surface area contributed by atoms with Crippen LogP contribution in [0.3, 0.4) is 0 Å². The summed E-state index contributed by atoms with van der Waals surface area (Å²) in [6.45, 7) is 3.03. The van der Waals surface area contributed by atoms with Gasteiger partial charge in [-0.2, -0.15) is 0 Å². The van der Waals surface area contributed by atoms with Crippen molar-refractivity contribution in [1.29, 1.82) is 0 Å². The molecule has 1 N–H and O–H groups in total. The molecule has 0 saturated heterocycles. The lowest BCUT2D eigenvalue weighted by molar-refractivity contribution is 0.490. The number of rotatable bonds is 23. The third-order valence-electron chi connectivity index (χ3n) is 11.7. The molecule has 9 rings (SSSR count). The zero-order valence-electron chi connectivity index (χ0n) is 38.8. The molecule has 0 spiro atoms. The molecule has 0 saturated carbocycles. The van der Waals surface area contributed by atoms with E-state index in [9.17, 15) is 8.42 Å². The first-order chi connectivity index (χ1) is 34.0. The average Bonchev–Trinajstić information content (AvgIpc) is 4.21. The van der Waals surface area contributed by atoms with Gasteiger partial charge >= 0.3 is 0 Å². The number of pyridine rings is 2. The number of hydrogen-bond acceptors (Lipinski definition) is 10. The first-order valence-electron chi connectivity index (χ1n) is 23.8. The second-order valence-electron chi connectivity index (χ2n) is 16.8. The van der Waals surface area contributed by atoms with E-state index in [1.165, 1.54) is 11.1 Å². The van der Waals surface area contributed by atoms with E-state index in [1.807, 2.05) is 105 Å². The molecule has 15 heteroatoms. The highest BCUT2D eigenvalue weighted by molar-refractivity contribution is 7.89. The third kappa shape index (κ3) is 14.0. The fourth-order valence-corrected chi connectivity index (χ4v) is 9.37. The lowest BCUT2D eigenvalue weighted by Gasteiger charge is -2.12. The Labute approximate surface area is 404 Å². The predicted molar refractivity (Wildman–Crippen MR) is 271 cm³/mol. The number of benzene rings is 4. The Morgan fingerprint density at radius 2 is 0.797 bits per heavy atom. The summed E-state index contributed by atoms with van der Waals surface area (Å²) in [6, 6.07) is 43.3. The van der Waals surface area contributed by atoms with Crippen molar-refractivity contribution in [1.82, 2.24) is 59.7 Å². The average molecular weight is 939 g/mol. The standard InChI is InChI=1S/C27H27N7.C27H31N5O2S/c1(8-17-33-20-26(29-31-33)23-13-10-16-28-19-23)2-9-18-34-21-27(30-32-34)25-15-7-6-14-24(25)22-11-4-3-5-12-22;33-35(34,27-17-9-8-16-25(27)23-13-6-5-7-14-23)29-19-10-3-1-2-4-11-20-32-22-26(30-31-32)24-15-12-18-28-21-24/h3-7,10-16,19-21H,1-2,8-9,17-18H2;5-9,12-18,21-22,29H,1-4,10-11,19-20H2. The molecule has 0 amide bonds. The molecule has 0 unspecified atom stereocenters. The summed E-state index contributed by atoms with van der Waals surface area (Å²) < 4.78 is 34.3. The number of unbranched alkanes of at least 4 members (excludes halogenated alkanes) is 8. The second-order valence-corrected chi connectivity index (χ2v) is 18.5. The fourth-order valence-electron chi connectivity index (χ4n) is 8.06. The van der Waals surface area contributed by atoms with Crippen LogP contribution in [0.25, 0.3) is 56.0 Å². The summed E-state index contributed by atoms with van der Waals surface area (Å²) >= 11 is 0. The molecule has 0 atom stereocenters. The van der Waals surface area contributed by atoms with Gasteiger partial charge in [-0.3, -0.25) is 24.0 Å². The van der Waals surface area contributed by atoms with Crippen molar-refractivity contribution < 1.29 is 8.42 Å². The van der Waals surface area contributed by atoms with E-state index in [0.717, 1.165) is 129 Å². The quantitative estimate of drug-likeness (QED) is 0.0610. The van der Waals surface area contributed by atoms with Crippen molar-refractivity contribution in [3.05, 3.63) is 177 Å². The molecule has 5 aromatic heterocycles. The summed E-state index contributed by atoms with van der Waals surface area (Å²) in [5, 5.41) is 25.7. The van der Waals surface area contributed by atoms with Crippen LogP contribution >= 0.6 is 0 Å². The van der Waals surface area contributed by atoms with Crippen LogP contribution in [-0.2, 0) is 29.7 Å². The Kier molecular flexibility index (Phi) is 17.4. The number of nitrogens with one attached hydrogen (secondary N) is 1. The SMILES string of the molecule is O=S(=O)(NCCCCCCCCn1cc(-c2cccnc2)nn1)c1ccccc1-c1ccccc1.c1ccc(-c2ccccc2-c2cn(CCCCCCn3cc(-c4cccnc4)nn3)nn2)cc1. The van der Waals surface area contributed by atoms with Crippen molar-refractivity contribution in [2.24, 2.45) is 0 Å². The van der Waals surface area contributed by atoms with Gasteiger partial charge in [0.05, 0.1) is 23.5 Å². The highest BCUT2D eigenvalue weighted by Crippen LogP contribution is 2.31. The van der Waals surface area contributed by atoms with Gasteiger partial charge in [-0.05, 0) is 72.7 Å². The Hall–Kier alpha value is -7.49. The van der Waals surface area contributed by atoms with Crippen LogP contribution in [0.1, 0.15) is 64.2 Å². The zero-order chi connectivity index (χ0) is 47.4.